The van der Waals surface area contributed by atoms with Gasteiger partial charge >= 0.3 is 6.61 Å². The fraction of sp³-hybridized carbons (Fsp3) is 0.111. The molecule has 0 aliphatic carbocycles. The van der Waals surface area contributed by atoms with Crippen LogP contribution in [-0.2, 0) is 4.79 Å². The monoisotopic (exact) mass is 345 g/mol. The topological polar surface area (TPSA) is 64.6 Å². The Morgan fingerprint density at radius 3 is 2.40 bits per heavy atom. The lowest BCUT2D eigenvalue weighted by molar-refractivity contribution is -0.114. The average Bonchev–Trinajstić information content (AvgIpc) is 2.58. The van der Waals surface area contributed by atoms with Crippen molar-refractivity contribution < 1.29 is 27.8 Å². The van der Waals surface area contributed by atoms with Crippen molar-refractivity contribution in [2.75, 3.05) is 7.11 Å². The van der Waals surface area contributed by atoms with E-state index in [2.05, 4.69) is 10.1 Å². The number of hydrogen-bond acceptors (Lipinski definition) is 4. The van der Waals surface area contributed by atoms with Gasteiger partial charge in [-0.25, -0.2) is 0 Å². The quantitative estimate of drug-likeness (QED) is 0.683. The molecule has 0 radical (unpaired) electrons. The lowest BCUT2D eigenvalue weighted by atomic mass is 9.93. The van der Waals surface area contributed by atoms with Gasteiger partial charge in [-0.15, -0.1) is 0 Å². The number of carbonyl (C=O) groups is 2. The van der Waals surface area contributed by atoms with Gasteiger partial charge in [0.2, 0.25) is 0 Å². The zero-order chi connectivity index (χ0) is 18.0. The van der Waals surface area contributed by atoms with Crippen LogP contribution < -0.4 is 14.8 Å². The Hall–Kier alpha value is -3.22. The van der Waals surface area contributed by atoms with Gasteiger partial charge in [0.15, 0.2) is 11.5 Å². The van der Waals surface area contributed by atoms with Crippen molar-refractivity contribution in [2.24, 2.45) is 0 Å². The molecule has 1 aliphatic heterocycles. The number of hydrogen-bond donors (Lipinski definition) is 1. The molecule has 2 aromatic carbocycles. The first kappa shape index (κ1) is 16.6. The van der Waals surface area contributed by atoms with Crippen molar-refractivity contribution in [2.45, 2.75) is 6.61 Å². The molecule has 0 unspecified atom stereocenters. The van der Waals surface area contributed by atoms with Crippen LogP contribution in [0.1, 0.15) is 21.5 Å². The minimum absolute atomic E-state index is 0.145. The van der Waals surface area contributed by atoms with Crippen LogP contribution in [0.4, 0.5) is 8.78 Å². The fourth-order valence-electron chi connectivity index (χ4n) is 2.56. The van der Waals surface area contributed by atoms with Crippen molar-refractivity contribution >= 4 is 23.5 Å². The van der Waals surface area contributed by atoms with Gasteiger partial charge in [-0.2, -0.15) is 8.78 Å². The van der Waals surface area contributed by atoms with Crippen LogP contribution in [0, 0.1) is 0 Å². The minimum Gasteiger partial charge on any atom is -0.493 e. The molecular formula is C18H13F2NO4. The number of nitrogens with one attached hydrogen (secondary N) is 1. The summed E-state index contributed by atoms with van der Waals surface area (Å²) in [5.74, 6) is -1.04. The Kier molecular flexibility index (Phi) is 4.47. The van der Waals surface area contributed by atoms with Gasteiger partial charge in [-0.1, -0.05) is 24.3 Å². The Morgan fingerprint density at radius 2 is 1.72 bits per heavy atom. The standard InChI is InChI=1S/C18H13F2NO4/c1-24-14-7-6-10(9-15(14)25-18(19)20)8-13-11-4-2-3-5-12(11)16(22)21-17(13)23/h2-9,18H,1H3,(H,21,22,23)/b13-8+. The Morgan fingerprint density at radius 1 is 1.00 bits per heavy atom. The normalized spacial score (nSPS) is 15.1. The molecule has 0 fully saturated rings. The molecule has 5 nitrogen and oxygen atoms in total. The summed E-state index contributed by atoms with van der Waals surface area (Å²) in [5.41, 5.74) is 1.54. The largest absolute Gasteiger partial charge is 0.493 e. The van der Waals surface area contributed by atoms with Gasteiger partial charge in [0.1, 0.15) is 0 Å². The van der Waals surface area contributed by atoms with Gasteiger partial charge in [0, 0.05) is 11.1 Å². The molecule has 0 aromatic heterocycles. The molecule has 1 N–H and O–H groups in total. The lowest BCUT2D eigenvalue weighted by Crippen LogP contribution is -2.36. The van der Waals surface area contributed by atoms with E-state index < -0.39 is 18.4 Å². The second kappa shape index (κ2) is 6.72. The number of ether oxygens (including phenoxy) is 2. The summed E-state index contributed by atoms with van der Waals surface area (Å²) in [6, 6.07) is 11.0. The highest BCUT2D eigenvalue weighted by atomic mass is 19.3. The minimum atomic E-state index is -3.01. The second-order valence-electron chi connectivity index (χ2n) is 5.18. The predicted molar refractivity (Wildman–Crippen MR) is 86.4 cm³/mol. The van der Waals surface area contributed by atoms with Crippen LogP contribution in [0.2, 0.25) is 0 Å². The molecule has 25 heavy (non-hydrogen) atoms. The number of carbonyl (C=O) groups excluding carboxylic acids is 2. The van der Waals surface area contributed by atoms with Crippen LogP contribution >= 0.6 is 0 Å². The first-order valence-corrected chi connectivity index (χ1v) is 7.29. The maximum atomic E-state index is 12.5. The van der Waals surface area contributed by atoms with Crippen molar-refractivity contribution in [1.82, 2.24) is 5.32 Å². The van der Waals surface area contributed by atoms with Crippen LogP contribution in [0.25, 0.3) is 11.6 Å². The molecule has 7 heteroatoms. The van der Waals surface area contributed by atoms with E-state index in [0.717, 1.165) is 0 Å². The maximum Gasteiger partial charge on any atom is 0.387 e. The Bertz CT molecular complexity index is 877. The van der Waals surface area contributed by atoms with E-state index in [1.54, 1.807) is 30.3 Å². The number of fused-ring (bicyclic) bond motifs is 1. The Labute approximate surface area is 141 Å². The van der Waals surface area contributed by atoms with Crippen molar-refractivity contribution in [1.29, 1.82) is 0 Å². The zero-order valence-electron chi connectivity index (χ0n) is 13.1. The van der Waals surface area contributed by atoms with Gasteiger partial charge in [-0.05, 0) is 35.4 Å². The number of halogens is 2. The summed E-state index contributed by atoms with van der Waals surface area (Å²) in [4.78, 5) is 24.1. The molecule has 0 atom stereocenters. The van der Waals surface area contributed by atoms with Crippen LogP contribution in [0.5, 0.6) is 11.5 Å². The van der Waals surface area contributed by atoms with E-state index in [1.165, 1.54) is 25.3 Å². The SMILES string of the molecule is COc1ccc(/C=C2/C(=O)NC(=O)c3ccccc32)cc1OC(F)F. The molecule has 0 saturated carbocycles. The molecule has 0 spiro atoms. The molecule has 3 rings (SSSR count). The molecule has 1 heterocycles. The Balaban J connectivity index is 2.07. The van der Waals surface area contributed by atoms with E-state index in [-0.39, 0.29) is 17.1 Å². The number of rotatable bonds is 4. The maximum absolute atomic E-state index is 12.5. The van der Waals surface area contributed by atoms with E-state index in [0.29, 0.717) is 16.7 Å². The highest BCUT2D eigenvalue weighted by Gasteiger charge is 2.26. The molecule has 128 valence electrons. The number of amides is 2. The zero-order valence-corrected chi connectivity index (χ0v) is 13.1. The number of imide groups is 1. The number of benzene rings is 2. The van der Waals surface area contributed by atoms with Crippen LogP contribution in [0.3, 0.4) is 0 Å². The lowest BCUT2D eigenvalue weighted by Gasteiger charge is -2.18. The molecule has 1 aliphatic rings. The van der Waals surface area contributed by atoms with E-state index in [4.69, 9.17) is 4.74 Å². The fourth-order valence-corrected chi connectivity index (χ4v) is 2.56. The van der Waals surface area contributed by atoms with Crippen LogP contribution in [0.15, 0.2) is 42.5 Å². The molecule has 2 aromatic rings. The third-order valence-corrected chi connectivity index (χ3v) is 3.65. The van der Waals surface area contributed by atoms with Crippen molar-refractivity contribution in [3.8, 4) is 11.5 Å². The third kappa shape index (κ3) is 3.35. The highest BCUT2D eigenvalue weighted by molar-refractivity contribution is 6.33. The predicted octanol–water partition coefficient (Wildman–Crippen LogP) is 3.11. The molecule has 0 bridgehead atoms. The van der Waals surface area contributed by atoms with Crippen LogP contribution in [-0.4, -0.2) is 25.5 Å². The summed E-state index contributed by atoms with van der Waals surface area (Å²) < 4.78 is 34.5. The number of alkyl halides is 2. The van der Waals surface area contributed by atoms with E-state index in [9.17, 15) is 18.4 Å². The molecule has 0 saturated heterocycles. The highest BCUT2D eigenvalue weighted by Crippen LogP contribution is 2.32. The van der Waals surface area contributed by atoms with Gasteiger partial charge in [0.05, 0.1) is 7.11 Å². The van der Waals surface area contributed by atoms with E-state index in [1.807, 2.05) is 0 Å². The molecule has 2 amide bonds. The number of methoxy groups -OCH3 is 1. The summed E-state index contributed by atoms with van der Waals surface area (Å²) >= 11 is 0. The summed E-state index contributed by atoms with van der Waals surface area (Å²) in [6.07, 6.45) is 1.50. The van der Waals surface area contributed by atoms with Gasteiger partial charge < -0.3 is 9.47 Å². The van der Waals surface area contributed by atoms with E-state index >= 15 is 0 Å². The molecular weight excluding hydrogens is 332 g/mol. The first-order chi connectivity index (χ1) is 12.0. The van der Waals surface area contributed by atoms with Crippen molar-refractivity contribution in [3.63, 3.8) is 0 Å². The third-order valence-electron chi connectivity index (χ3n) is 3.65. The van der Waals surface area contributed by atoms with Gasteiger partial charge in [0.25, 0.3) is 11.8 Å². The summed E-state index contributed by atoms with van der Waals surface area (Å²) in [7, 11) is 1.34. The summed E-state index contributed by atoms with van der Waals surface area (Å²) in [5, 5.41) is 2.25. The second-order valence-corrected chi connectivity index (χ2v) is 5.18. The average molecular weight is 345 g/mol. The first-order valence-electron chi connectivity index (χ1n) is 7.29. The van der Waals surface area contributed by atoms with Crippen molar-refractivity contribution in [3.05, 3.63) is 59.2 Å². The summed E-state index contributed by atoms with van der Waals surface area (Å²) in [6.45, 7) is -3.01. The van der Waals surface area contributed by atoms with Gasteiger partial charge in [-0.3, -0.25) is 14.9 Å². The smallest absolute Gasteiger partial charge is 0.387 e.